The Bertz CT molecular complexity index is 1030. The van der Waals surface area contributed by atoms with Gasteiger partial charge in [-0.05, 0) is 13.0 Å². The van der Waals surface area contributed by atoms with E-state index in [1.54, 1.807) is 6.92 Å². The van der Waals surface area contributed by atoms with Crippen LogP contribution in [0.4, 0.5) is 36.3 Å². The highest BCUT2D eigenvalue weighted by molar-refractivity contribution is 6.02. The SMILES string of the molecule is CCN1CC(F)(F)C(=O)N(C)c2cnc(Nc3cc(F)c(C(=O)OC)cc3OC)nc21. The third-order valence-electron chi connectivity index (χ3n) is 4.74. The Labute approximate surface area is 175 Å². The maximum Gasteiger partial charge on any atom is 0.342 e. The van der Waals surface area contributed by atoms with Crippen molar-refractivity contribution >= 4 is 35.0 Å². The second-order valence-corrected chi connectivity index (χ2v) is 6.63. The molecule has 1 amide bonds. The molecule has 9 nitrogen and oxygen atoms in total. The summed E-state index contributed by atoms with van der Waals surface area (Å²) in [5.41, 5.74) is -0.125. The average molecular weight is 439 g/mol. The van der Waals surface area contributed by atoms with E-state index >= 15 is 0 Å². The number of fused-ring (bicyclic) bond motifs is 1. The number of benzene rings is 1. The molecule has 0 fully saturated rings. The summed E-state index contributed by atoms with van der Waals surface area (Å²) in [5.74, 6) is -6.55. The van der Waals surface area contributed by atoms with E-state index in [-0.39, 0.29) is 41.0 Å². The maximum atomic E-state index is 14.4. The van der Waals surface area contributed by atoms with E-state index in [1.165, 1.54) is 25.3 Å². The monoisotopic (exact) mass is 439 g/mol. The smallest absolute Gasteiger partial charge is 0.342 e. The first-order valence-corrected chi connectivity index (χ1v) is 9.13. The second kappa shape index (κ2) is 8.28. The van der Waals surface area contributed by atoms with Crippen LogP contribution in [0.2, 0.25) is 0 Å². The molecule has 31 heavy (non-hydrogen) atoms. The third kappa shape index (κ3) is 4.05. The Balaban J connectivity index is 2.02. The van der Waals surface area contributed by atoms with E-state index < -0.39 is 30.2 Å². The van der Waals surface area contributed by atoms with Crippen molar-refractivity contribution in [3.63, 3.8) is 0 Å². The van der Waals surface area contributed by atoms with Crippen LogP contribution >= 0.6 is 0 Å². The molecule has 0 unspecified atom stereocenters. The number of ether oxygens (including phenoxy) is 2. The number of hydrogen-bond acceptors (Lipinski definition) is 8. The first-order chi connectivity index (χ1) is 14.6. The zero-order valence-electron chi connectivity index (χ0n) is 17.2. The van der Waals surface area contributed by atoms with Crippen LogP contribution < -0.4 is 19.9 Å². The van der Waals surface area contributed by atoms with Crippen LogP contribution in [0.25, 0.3) is 0 Å². The number of hydrogen-bond donors (Lipinski definition) is 1. The van der Waals surface area contributed by atoms with Crippen molar-refractivity contribution in [1.29, 1.82) is 0 Å². The van der Waals surface area contributed by atoms with Gasteiger partial charge in [0.1, 0.15) is 17.3 Å². The Hall–Kier alpha value is -3.57. The summed E-state index contributed by atoms with van der Waals surface area (Å²) in [4.78, 5) is 34.1. The number of carbonyl (C=O) groups is 2. The topological polar surface area (TPSA) is 96.9 Å². The number of aromatic nitrogens is 2. The van der Waals surface area contributed by atoms with Crippen molar-refractivity contribution in [2.24, 2.45) is 0 Å². The van der Waals surface area contributed by atoms with Gasteiger partial charge < -0.3 is 24.6 Å². The lowest BCUT2D eigenvalue weighted by molar-refractivity contribution is -0.140. The molecule has 0 spiro atoms. The summed E-state index contributed by atoms with van der Waals surface area (Å²) in [7, 11) is 3.65. The molecular weight excluding hydrogens is 419 g/mol. The number of amides is 1. The molecule has 3 rings (SSSR count). The van der Waals surface area contributed by atoms with Crippen molar-refractivity contribution in [2.45, 2.75) is 12.8 Å². The van der Waals surface area contributed by atoms with Crippen molar-refractivity contribution in [1.82, 2.24) is 9.97 Å². The highest BCUT2D eigenvalue weighted by atomic mass is 19.3. The maximum absolute atomic E-state index is 14.4. The lowest BCUT2D eigenvalue weighted by Gasteiger charge is -2.23. The normalized spacial score (nSPS) is 15.3. The first-order valence-electron chi connectivity index (χ1n) is 9.13. The molecule has 0 bridgehead atoms. The zero-order valence-corrected chi connectivity index (χ0v) is 17.2. The van der Waals surface area contributed by atoms with Crippen LogP contribution in [0, 0.1) is 5.82 Å². The van der Waals surface area contributed by atoms with Crippen LogP contribution in [0.15, 0.2) is 18.3 Å². The minimum absolute atomic E-state index is 0.0493. The van der Waals surface area contributed by atoms with Crippen LogP contribution in [0.5, 0.6) is 5.75 Å². The molecule has 0 radical (unpaired) electrons. The fourth-order valence-corrected chi connectivity index (χ4v) is 3.10. The lowest BCUT2D eigenvalue weighted by Crippen LogP contribution is -2.46. The van der Waals surface area contributed by atoms with Gasteiger partial charge in [0.2, 0.25) is 5.95 Å². The molecule has 1 aliphatic rings. The largest absolute Gasteiger partial charge is 0.495 e. The van der Waals surface area contributed by atoms with Gasteiger partial charge in [-0.15, -0.1) is 0 Å². The van der Waals surface area contributed by atoms with E-state index in [0.29, 0.717) is 0 Å². The highest BCUT2D eigenvalue weighted by Crippen LogP contribution is 2.36. The van der Waals surface area contributed by atoms with Gasteiger partial charge in [0.05, 0.1) is 38.2 Å². The molecule has 0 saturated carbocycles. The van der Waals surface area contributed by atoms with Gasteiger partial charge in [-0.2, -0.15) is 13.8 Å². The summed E-state index contributed by atoms with van der Waals surface area (Å²) >= 11 is 0. The van der Waals surface area contributed by atoms with Gasteiger partial charge in [-0.1, -0.05) is 0 Å². The van der Waals surface area contributed by atoms with Crippen LogP contribution in [0.1, 0.15) is 17.3 Å². The Morgan fingerprint density at radius 2 is 2.03 bits per heavy atom. The summed E-state index contributed by atoms with van der Waals surface area (Å²) < 4.78 is 52.6. The van der Waals surface area contributed by atoms with Crippen molar-refractivity contribution in [3.05, 3.63) is 29.7 Å². The molecular formula is C19H20F3N5O4. The summed E-state index contributed by atoms with van der Waals surface area (Å²) in [5, 5.41) is 2.75. The van der Waals surface area contributed by atoms with Gasteiger partial charge in [-0.25, -0.2) is 14.2 Å². The molecule has 1 aliphatic heterocycles. The van der Waals surface area contributed by atoms with Crippen molar-refractivity contribution in [3.8, 4) is 5.75 Å². The van der Waals surface area contributed by atoms with Crippen molar-refractivity contribution in [2.75, 3.05) is 49.5 Å². The number of esters is 1. The third-order valence-corrected chi connectivity index (χ3v) is 4.74. The second-order valence-electron chi connectivity index (χ2n) is 6.63. The van der Waals surface area contributed by atoms with E-state index in [2.05, 4.69) is 20.0 Å². The molecule has 2 heterocycles. The summed E-state index contributed by atoms with van der Waals surface area (Å²) in [6.07, 6.45) is 1.22. The fourth-order valence-electron chi connectivity index (χ4n) is 3.10. The summed E-state index contributed by atoms with van der Waals surface area (Å²) in [6, 6.07) is 2.15. The van der Waals surface area contributed by atoms with Crippen LogP contribution in [0.3, 0.4) is 0 Å². The van der Waals surface area contributed by atoms with Crippen LogP contribution in [-0.2, 0) is 9.53 Å². The standard InChI is InChI=1S/C19H20F3N5O4/c1-5-27-9-19(21,22)17(29)26(2)13-8-23-18(25-15(13)27)24-12-7-11(20)10(16(28)31-4)6-14(12)30-3/h6-8H,5,9H2,1-4H3,(H,23,24,25). The average Bonchev–Trinajstić information content (AvgIpc) is 2.82. The Morgan fingerprint density at radius 3 is 2.65 bits per heavy atom. The van der Waals surface area contributed by atoms with Gasteiger partial charge in [0, 0.05) is 19.7 Å². The number of anilines is 4. The Kier molecular flexibility index (Phi) is 5.91. The predicted octanol–water partition coefficient (Wildman–Crippen LogP) is 2.59. The van der Waals surface area contributed by atoms with Gasteiger partial charge in [0.25, 0.3) is 5.91 Å². The molecule has 12 heteroatoms. The highest BCUT2D eigenvalue weighted by Gasteiger charge is 2.46. The number of carbonyl (C=O) groups excluding carboxylic acids is 2. The zero-order chi connectivity index (χ0) is 22.9. The molecule has 0 aliphatic carbocycles. The van der Waals surface area contributed by atoms with E-state index in [0.717, 1.165) is 24.1 Å². The summed E-state index contributed by atoms with van der Waals surface area (Å²) in [6.45, 7) is 0.961. The molecule has 1 aromatic carbocycles. The van der Waals surface area contributed by atoms with E-state index in [4.69, 9.17) is 4.74 Å². The molecule has 1 aromatic heterocycles. The quantitative estimate of drug-likeness (QED) is 0.711. The molecule has 0 atom stereocenters. The number of alkyl halides is 2. The number of nitrogens with zero attached hydrogens (tertiary/aromatic N) is 4. The number of nitrogens with one attached hydrogen (secondary N) is 1. The first kappa shape index (κ1) is 22.1. The van der Waals surface area contributed by atoms with Gasteiger partial charge in [0.15, 0.2) is 5.82 Å². The predicted molar refractivity (Wildman–Crippen MR) is 106 cm³/mol. The molecule has 1 N–H and O–H groups in total. The Morgan fingerprint density at radius 1 is 1.32 bits per heavy atom. The minimum Gasteiger partial charge on any atom is -0.495 e. The van der Waals surface area contributed by atoms with Crippen LogP contribution in [-0.4, -0.2) is 62.1 Å². The molecule has 166 valence electrons. The van der Waals surface area contributed by atoms with E-state index in [9.17, 15) is 22.8 Å². The van der Waals surface area contributed by atoms with E-state index in [1.807, 2.05) is 0 Å². The molecule has 0 saturated heterocycles. The van der Waals surface area contributed by atoms with Gasteiger partial charge in [-0.3, -0.25) is 4.79 Å². The minimum atomic E-state index is -3.60. The van der Waals surface area contributed by atoms with Crippen molar-refractivity contribution < 1.29 is 32.2 Å². The number of rotatable bonds is 5. The van der Waals surface area contributed by atoms with Gasteiger partial charge >= 0.3 is 11.9 Å². The molecule has 2 aromatic rings. The lowest BCUT2D eigenvalue weighted by atomic mass is 10.1. The fraction of sp³-hybridized carbons (Fsp3) is 0.368. The number of halogens is 3. The number of methoxy groups -OCH3 is 2.